The van der Waals surface area contributed by atoms with Gasteiger partial charge in [0.2, 0.25) is 0 Å². The Labute approximate surface area is 136 Å². The van der Waals surface area contributed by atoms with Gasteiger partial charge in [-0.1, -0.05) is 36.4 Å². The van der Waals surface area contributed by atoms with Crippen LogP contribution in [0.1, 0.15) is 12.0 Å². The SMILES string of the molecule is CN=C(NCCCOc1ccccc1)NCc1ccccc1F. The van der Waals surface area contributed by atoms with Gasteiger partial charge in [0.25, 0.3) is 0 Å². The molecule has 2 aromatic carbocycles. The second kappa shape index (κ2) is 9.46. The van der Waals surface area contributed by atoms with Gasteiger partial charge in [-0.3, -0.25) is 4.99 Å². The van der Waals surface area contributed by atoms with E-state index in [2.05, 4.69) is 15.6 Å². The zero-order valence-corrected chi connectivity index (χ0v) is 13.3. The van der Waals surface area contributed by atoms with Crippen LogP contribution in [0.3, 0.4) is 0 Å². The highest BCUT2D eigenvalue weighted by atomic mass is 19.1. The van der Waals surface area contributed by atoms with Crippen LogP contribution in [0.4, 0.5) is 4.39 Å². The average Bonchev–Trinajstić information content (AvgIpc) is 2.59. The van der Waals surface area contributed by atoms with Gasteiger partial charge >= 0.3 is 0 Å². The summed E-state index contributed by atoms with van der Waals surface area (Å²) < 4.78 is 19.2. The van der Waals surface area contributed by atoms with Crippen molar-refractivity contribution >= 4 is 5.96 Å². The lowest BCUT2D eigenvalue weighted by Gasteiger charge is -2.12. The third kappa shape index (κ3) is 5.98. The molecule has 2 rings (SSSR count). The number of aliphatic imine (C=N–C) groups is 1. The molecule has 2 N–H and O–H groups in total. The Morgan fingerprint density at radius 3 is 2.52 bits per heavy atom. The molecular formula is C18H22FN3O. The average molecular weight is 315 g/mol. The van der Waals surface area contributed by atoms with E-state index in [4.69, 9.17) is 4.74 Å². The van der Waals surface area contributed by atoms with E-state index in [1.54, 1.807) is 19.2 Å². The molecule has 0 aromatic heterocycles. The van der Waals surface area contributed by atoms with Crippen molar-refractivity contribution in [1.82, 2.24) is 10.6 Å². The summed E-state index contributed by atoms with van der Waals surface area (Å²) in [6, 6.07) is 16.4. The first-order valence-corrected chi connectivity index (χ1v) is 7.65. The van der Waals surface area contributed by atoms with Crippen molar-refractivity contribution in [3.8, 4) is 5.75 Å². The van der Waals surface area contributed by atoms with Crippen LogP contribution >= 0.6 is 0 Å². The normalized spacial score (nSPS) is 11.1. The highest BCUT2D eigenvalue weighted by molar-refractivity contribution is 5.79. The third-order valence-electron chi connectivity index (χ3n) is 3.25. The van der Waals surface area contributed by atoms with Crippen LogP contribution in [0, 0.1) is 5.82 Å². The molecule has 0 amide bonds. The van der Waals surface area contributed by atoms with Crippen molar-refractivity contribution < 1.29 is 9.13 Å². The van der Waals surface area contributed by atoms with Crippen molar-refractivity contribution in [2.45, 2.75) is 13.0 Å². The fourth-order valence-corrected chi connectivity index (χ4v) is 2.03. The molecule has 0 aliphatic carbocycles. The first-order valence-electron chi connectivity index (χ1n) is 7.65. The summed E-state index contributed by atoms with van der Waals surface area (Å²) in [4.78, 5) is 4.12. The lowest BCUT2D eigenvalue weighted by Crippen LogP contribution is -2.37. The predicted octanol–water partition coefficient (Wildman–Crippen LogP) is 2.96. The van der Waals surface area contributed by atoms with Gasteiger partial charge in [0.05, 0.1) is 6.61 Å². The standard InChI is InChI=1S/C18H22FN3O/c1-20-18(22-14-15-8-5-6-11-17(15)19)21-12-7-13-23-16-9-3-2-4-10-16/h2-6,8-11H,7,12-14H2,1H3,(H2,20,21,22). The Bertz CT molecular complexity index is 617. The van der Waals surface area contributed by atoms with E-state index in [1.807, 2.05) is 36.4 Å². The lowest BCUT2D eigenvalue weighted by molar-refractivity contribution is 0.311. The fourth-order valence-electron chi connectivity index (χ4n) is 2.03. The number of ether oxygens (including phenoxy) is 1. The Kier molecular flexibility index (Phi) is 6.91. The van der Waals surface area contributed by atoms with Crippen LogP contribution in [-0.2, 0) is 6.54 Å². The summed E-state index contributed by atoms with van der Waals surface area (Å²) in [5, 5.41) is 6.28. The number of para-hydroxylation sites is 1. The summed E-state index contributed by atoms with van der Waals surface area (Å²) >= 11 is 0. The fraction of sp³-hybridized carbons (Fsp3) is 0.278. The Hall–Kier alpha value is -2.56. The number of nitrogens with zero attached hydrogens (tertiary/aromatic N) is 1. The van der Waals surface area contributed by atoms with Gasteiger partial charge < -0.3 is 15.4 Å². The molecule has 23 heavy (non-hydrogen) atoms. The Balaban J connectivity index is 1.64. The minimum Gasteiger partial charge on any atom is -0.494 e. The number of hydrogen-bond donors (Lipinski definition) is 2. The van der Waals surface area contributed by atoms with Crippen LogP contribution in [-0.4, -0.2) is 26.2 Å². The van der Waals surface area contributed by atoms with Crippen LogP contribution < -0.4 is 15.4 Å². The third-order valence-corrected chi connectivity index (χ3v) is 3.25. The van der Waals surface area contributed by atoms with Gasteiger partial charge in [0, 0.05) is 25.7 Å². The number of guanidine groups is 1. The molecule has 4 nitrogen and oxygen atoms in total. The molecule has 0 spiro atoms. The first kappa shape index (κ1) is 16.8. The molecule has 0 fully saturated rings. The van der Waals surface area contributed by atoms with Gasteiger partial charge in [-0.2, -0.15) is 0 Å². The molecular weight excluding hydrogens is 293 g/mol. The van der Waals surface area contributed by atoms with Gasteiger partial charge in [0.15, 0.2) is 5.96 Å². The minimum atomic E-state index is -0.216. The van der Waals surface area contributed by atoms with Gasteiger partial charge in [-0.15, -0.1) is 0 Å². The topological polar surface area (TPSA) is 45.7 Å². The van der Waals surface area contributed by atoms with E-state index in [0.717, 1.165) is 18.7 Å². The molecule has 0 heterocycles. The minimum absolute atomic E-state index is 0.216. The van der Waals surface area contributed by atoms with Crippen molar-refractivity contribution in [2.75, 3.05) is 20.2 Å². The van der Waals surface area contributed by atoms with Crippen molar-refractivity contribution in [3.05, 3.63) is 66.0 Å². The maximum absolute atomic E-state index is 13.5. The van der Waals surface area contributed by atoms with Crippen LogP contribution in [0.5, 0.6) is 5.75 Å². The quantitative estimate of drug-likeness (QED) is 0.469. The second-order valence-electron chi connectivity index (χ2n) is 4.96. The number of benzene rings is 2. The molecule has 0 radical (unpaired) electrons. The highest BCUT2D eigenvalue weighted by Gasteiger charge is 2.02. The van der Waals surface area contributed by atoms with E-state index in [0.29, 0.717) is 24.7 Å². The van der Waals surface area contributed by atoms with Crippen LogP contribution in [0.2, 0.25) is 0 Å². The largest absolute Gasteiger partial charge is 0.494 e. The molecule has 0 saturated carbocycles. The van der Waals surface area contributed by atoms with Crippen molar-refractivity contribution in [2.24, 2.45) is 4.99 Å². The predicted molar refractivity (Wildman–Crippen MR) is 91.2 cm³/mol. The van der Waals surface area contributed by atoms with Gasteiger partial charge in [0.1, 0.15) is 11.6 Å². The zero-order valence-electron chi connectivity index (χ0n) is 13.3. The van der Waals surface area contributed by atoms with Crippen molar-refractivity contribution in [3.63, 3.8) is 0 Å². The monoisotopic (exact) mass is 315 g/mol. The number of rotatable bonds is 7. The van der Waals surface area contributed by atoms with E-state index in [9.17, 15) is 4.39 Å². The summed E-state index contributed by atoms with van der Waals surface area (Å²) in [6.07, 6.45) is 0.843. The first-order chi connectivity index (χ1) is 11.3. The van der Waals surface area contributed by atoms with E-state index in [1.165, 1.54) is 6.07 Å². The Morgan fingerprint density at radius 1 is 1.04 bits per heavy atom. The molecule has 2 aromatic rings. The molecule has 122 valence electrons. The van der Waals surface area contributed by atoms with Crippen LogP contribution in [0.15, 0.2) is 59.6 Å². The van der Waals surface area contributed by atoms with E-state index < -0.39 is 0 Å². The van der Waals surface area contributed by atoms with Gasteiger partial charge in [-0.05, 0) is 24.6 Å². The van der Waals surface area contributed by atoms with Gasteiger partial charge in [-0.25, -0.2) is 4.39 Å². The number of halogens is 1. The number of nitrogens with one attached hydrogen (secondary N) is 2. The zero-order chi connectivity index (χ0) is 16.3. The smallest absolute Gasteiger partial charge is 0.191 e. The van der Waals surface area contributed by atoms with E-state index >= 15 is 0 Å². The number of hydrogen-bond acceptors (Lipinski definition) is 2. The Morgan fingerprint density at radius 2 is 1.78 bits per heavy atom. The molecule has 0 aliphatic heterocycles. The molecule has 0 saturated heterocycles. The molecule has 0 aliphatic rings. The lowest BCUT2D eigenvalue weighted by atomic mass is 10.2. The summed E-state index contributed by atoms with van der Waals surface area (Å²) in [5.41, 5.74) is 0.614. The second-order valence-corrected chi connectivity index (χ2v) is 4.96. The summed E-state index contributed by atoms with van der Waals surface area (Å²) in [7, 11) is 1.69. The maximum Gasteiger partial charge on any atom is 0.191 e. The van der Waals surface area contributed by atoms with Crippen LogP contribution in [0.25, 0.3) is 0 Å². The summed E-state index contributed by atoms with van der Waals surface area (Å²) in [5.74, 6) is 1.30. The summed E-state index contributed by atoms with van der Waals surface area (Å²) in [6.45, 7) is 1.75. The highest BCUT2D eigenvalue weighted by Crippen LogP contribution is 2.08. The molecule has 5 heteroatoms. The van der Waals surface area contributed by atoms with Crippen molar-refractivity contribution in [1.29, 1.82) is 0 Å². The molecule has 0 bridgehead atoms. The molecule has 0 unspecified atom stereocenters. The maximum atomic E-state index is 13.5. The van der Waals surface area contributed by atoms with E-state index in [-0.39, 0.29) is 5.82 Å². The molecule has 0 atom stereocenters.